The van der Waals surface area contributed by atoms with Crippen LogP contribution in [0.2, 0.25) is 5.02 Å². The van der Waals surface area contributed by atoms with Crippen LogP contribution >= 0.6 is 38.9 Å². The summed E-state index contributed by atoms with van der Waals surface area (Å²) in [6.07, 6.45) is -5.28. The molecule has 0 bridgehead atoms. The number of alkyl halides is 3. The lowest BCUT2D eigenvalue weighted by Gasteiger charge is -2.11. The van der Waals surface area contributed by atoms with Crippen LogP contribution in [0.25, 0.3) is 0 Å². The smallest absolute Gasteiger partial charge is 0.323 e. The standard InChI is InChI=1S/C7H6BrClF3NS/c8-6-3(9)1-5(14-6)4(13)2-7(10,11)12/h1,4H,2,13H2. The van der Waals surface area contributed by atoms with Gasteiger partial charge in [0.05, 0.1) is 15.2 Å². The van der Waals surface area contributed by atoms with E-state index >= 15 is 0 Å². The maximum absolute atomic E-state index is 12.0. The monoisotopic (exact) mass is 307 g/mol. The number of rotatable bonds is 2. The lowest BCUT2D eigenvalue weighted by atomic mass is 10.2. The van der Waals surface area contributed by atoms with Crippen LogP contribution in [0.4, 0.5) is 13.2 Å². The molecular weight excluding hydrogens is 303 g/mol. The first-order valence-corrected chi connectivity index (χ1v) is 5.55. The molecule has 1 rings (SSSR count). The van der Waals surface area contributed by atoms with Gasteiger partial charge >= 0.3 is 6.18 Å². The van der Waals surface area contributed by atoms with Crippen LogP contribution in [-0.4, -0.2) is 6.18 Å². The molecule has 2 N–H and O–H groups in total. The summed E-state index contributed by atoms with van der Waals surface area (Å²) in [5.41, 5.74) is 5.37. The summed E-state index contributed by atoms with van der Waals surface area (Å²) >= 11 is 9.91. The van der Waals surface area contributed by atoms with E-state index in [-0.39, 0.29) is 0 Å². The van der Waals surface area contributed by atoms with Crippen molar-refractivity contribution in [3.8, 4) is 0 Å². The number of hydrogen-bond acceptors (Lipinski definition) is 2. The second-order valence-electron chi connectivity index (χ2n) is 2.70. The van der Waals surface area contributed by atoms with Crippen molar-refractivity contribution in [2.75, 3.05) is 0 Å². The van der Waals surface area contributed by atoms with Crippen LogP contribution in [0, 0.1) is 0 Å². The molecule has 0 saturated carbocycles. The lowest BCUT2D eigenvalue weighted by molar-refractivity contribution is -0.138. The number of hydrogen-bond donors (Lipinski definition) is 1. The van der Waals surface area contributed by atoms with Gasteiger partial charge in [0, 0.05) is 10.9 Å². The fourth-order valence-corrected chi connectivity index (χ4v) is 2.64. The Hall–Kier alpha value is 0.220. The highest BCUT2D eigenvalue weighted by atomic mass is 79.9. The molecule has 0 amide bonds. The Morgan fingerprint density at radius 3 is 2.50 bits per heavy atom. The summed E-state index contributed by atoms with van der Waals surface area (Å²) in [7, 11) is 0. The normalized spacial score (nSPS) is 14.4. The van der Waals surface area contributed by atoms with E-state index in [1.807, 2.05) is 0 Å². The summed E-state index contributed by atoms with van der Waals surface area (Å²) in [6.45, 7) is 0. The van der Waals surface area contributed by atoms with Crippen LogP contribution in [0.15, 0.2) is 9.85 Å². The predicted octanol–water partition coefficient (Wildman–Crippen LogP) is 4.12. The van der Waals surface area contributed by atoms with Crippen LogP contribution in [-0.2, 0) is 0 Å². The number of thiophene rings is 1. The van der Waals surface area contributed by atoms with E-state index in [4.69, 9.17) is 17.3 Å². The molecule has 0 aromatic carbocycles. The third-order valence-corrected chi connectivity index (χ3v) is 4.09. The second-order valence-corrected chi connectivity index (χ2v) is 5.51. The van der Waals surface area contributed by atoms with Crippen molar-refractivity contribution in [3.63, 3.8) is 0 Å². The van der Waals surface area contributed by atoms with E-state index < -0.39 is 18.6 Å². The zero-order valence-corrected chi connectivity index (χ0v) is 9.90. The van der Waals surface area contributed by atoms with E-state index in [1.54, 1.807) is 0 Å². The van der Waals surface area contributed by atoms with Gasteiger partial charge in [0.15, 0.2) is 0 Å². The van der Waals surface area contributed by atoms with Crippen molar-refractivity contribution in [3.05, 3.63) is 19.8 Å². The Balaban J connectivity index is 2.75. The molecule has 0 saturated heterocycles. The Bertz CT molecular complexity index is 306. The van der Waals surface area contributed by atoms with Gasteiger partial charge in [0.25, 0.3) is 0 Å². The molecule has 7 heteroatoms. The molecule has 1 heterocycles. The molecular formula is C7H6BrClF3NS. The van der Waals surface area contributed by atoms with Crippen molar-refractivity contribution in [2.45, 2.75) is 18.6 Å². The molecule has 0 fully saturated rings. The van der Waals surface area contributed by atoms with Crippen LogP contribution < -0.4 is 5.73 Å². The summed E-state index contributed by atoms with van der Waals surface area (Å²) in [5, 5.41) is 0.391. The second kappa shape index (κ2) is 4.38. The summed E-state index contributed by atoms with van der Waals surface area (Å²) < 4.78 is 36.5. The molecule has 14 heavy (non-hydrogen) atoms. The summed E-state index contributed by atoms with van der Waals surface area (Å²) in [4.78, 5) is 0.430. The van der Waals surface area contributed by atoms with Crippen molar-refractivity contribution >= 4 is 38.9 Å². The van der Waals surface area contributed by atoms with Gasteiger partial charge < -0.3 is 5.73 Å². The van der Waals surface area contributed by atoms with E-state index in [1.165, 1.54) is 6.07 Å². The fourth-order valence-electron chi connectivity index (χ4n) is 0.896. The Morgan fingerprint density at radius 2 is 2.14 bits per heavy atom. The third kappa shape index (κ3) is 3.42. The minimum Gasteiger partial charge on any atom is -0.323 e. The zero-order valence-electron chi connectivity index (χ0n) is 6.74. The first-order valence-electron chi connectivity index (χ1n) is 3.56. The van der Waals surface area contributed by atoms with Gasteiger partial charge in [0.2, 0.25) is 0 Å². The Morgan fingerprint density at radius 1 is 1.57 bits per heavy atom. The highest BCUT2D eigenvalue weighted by Gasteiger charge is 2.31. The third-order valence-electron chi connectivity index (χ3n) is 1.48. The molecule has 0 aliphatic rings. The van der Waals surface area contributed by atoms with Crippen LogP contribution in [0.5, 0.6) is 0 Å². The number of nitrogens with two attached hydrogens (primary N) is 1. The van der Waals surface area contributed by atoms with Gasteiger partial charge in [-0.3, -0.25) is 0 Å². The molecule has 1 atom stereocenters. The van der Waals surface area contributed by atoms with E-state index in [0.717, 1.165) is 11.3 Å². The SMILES string of the molecule is NC(CC(F)(F)F)c1cc(Cl)c(Br)s1. The molecule has 0 spiro atoms. The largest absolute Gasteiger partial charge is 0.390 e. The maximum atomic E-state index is 12.0. The highest BCUT2D eigenvalue weighted by Crippen LogP contribution is 2.37. The quantitative estimate of drug-likeness (QED) is 0.874. The number of halogens is 5. The van der Waals surface area contributed by atoms with Gasteiger partial charge in [-0.1, -0.05) is 11.6 Å². The minimum atomic E-state index is -4.25. The van der Waals surface area contributed by atoms with Gasteiger partial charge in [-0.25, -0.2) is 0 Å². The Labute approximate surface area is 96.2 Å². The molecule has 1 nitrogen and oxygen atoms in total. The predicted molar refractivity (Wildman–Crippen MR) is 54.6 cm³/mol. The van der Waals surface area contributed by atoms with E-state index in [2.05, 4.69) is 15.9 Å². The average Bonchev–Trinajstić information content (AvgIpc) is 2.28. The molecule has 0 radical (unpaired) electrons. The van der Waals surface area contributed by atoms with Crippen LogP contribution in [0.1, 0.15) is 17.3 Å². The van der Waals surface area contributed by atoms with Crippen LogP contribution in [0.3, 0.4) is 0 Å². The van der Waals surface area contributed by atoms with E-state index in [0.29, 0.717) is 13.7 Å². The van der Waals surface area contributed by atoms with Gasteiger partial charge in [-0.05, 0) is 22.0 Å². The van der Waals surface area contributed by atoms with E-state index in [9.17, 15) is 13.2 Å². The van der Waals surface area contributed by atoms with Crippen molar-refractivity contribution in [1.82, 2.24) is 0 Å². The molecule has 0 aliphatic heterocycles. The maximum Gasteiger partial charge on any atom is 0.390 e. The average molecular weight is 309 g/mol. The molecule has 1 aromatic heterocycles. The zero-order chi connectivity index (χ0) is 10.9. The van der Waals surface area contributed by atoms with Crippen molar-refractivity contribution < 1.29 is 13.2 Å². The summed E-state index contributed by atoms with van der Waals surface area (Å²) in [6, 6.07) is 0.413. The highest BCUT2D eigenvalue weighted by molar-refractivity contribution is 9.11. The van der Waals surface area contributed by atoms with Crippen molar-refractivity contribution in [2.24, 2.45) is 5.73 Å². The summed E-state index contributed by atoms with van der Waals surface area (Å²) in [5.74, 6) is 0. The van der Waals surface area contributed by atoms with Gasteiger partial charge in [0.1, 0.15) is 0 Å². The molecule has 1 unspecified atom stereocenters. The topological polar surface area (TPSA) is 26.0 Å². The van der Waals surface area contributed by atoms with Crippen molar-refractivity contribution in [1.29, 1.82) is 0 Å². The molecule has 80 valence electrons. The molecule has 0 aliphatic carbocycles. The lowest BCUT2D eigenvalue weighted by Crippen LogP contribution is -2.19. The first-order chi connectivity index (χ1) is 6.29. The van der Waals surface area contributed by atoms with Gasteiger partial charge in [-0.15, -0.1) is 11.3 Å². The minimum absolute atomic E-state index is 0.391. The molecule has 1 aromatic rings. The van der Waals surface area contributed by atoms with Gasteiger partial charge in [-0.2, -0.15) is 13.2 Å². The first kappa shape index (κ1) is 12.3. The fraction of sp³-hybridized carbons (Fsp3) is 0.429. The Kier molecular flexibility index (Phi) is 3.85.